The van der Waals surface area contributed by atoms with E-state index in [1.165, 1.54) is 0 Å². The smallest absolute Gasteiger partial charge is 0.286 e. The monoisotopic (exact) mass is 361 g/mol. The van der Waals surface area contributed by atoms with Gasteiger partial charge in [0.25, 0.3) is 11.8 Å². The van der Waals surface area contributed by atoms with E-state index in [2.05, 4.69) is 31.2 Å². The second-order valence-corrected chi connectivity index (χ2v) is 5.78. The minimum Gasteiger partial charge on any atom is -0.350 e. The third kappa shape index (κ3) is 3.66. The number of hydrogen-bond donors (Lipinski definition) is 3. The van der Waals surface area contributed by atoms with E-state index in [-0.39, 0.29) is 6.54 Å². The number of nitrogens with zero attached hydrogens (tertiary/aromatic N) is 4. The molecule has 0 aliphatic carbocycles. The van der Waals surface area contributed by atoms with Gasteiger partial charge >= 0.3 is 0 Å². The molecule has 0 fully saturated rings. The number of hydrogen-bond acceptors (Lipinski definition) is 5. The van der Waals surface area contributed by atoms with Gasteiger partial charge in [-0.3, -0.25) is 20.4 Å². The van der Waals surface area contributed by atoms with Crippen LogP contribution < -0.4 is 10.9 Å². The lowest BCUT2D eigenvalue weighted by Gasteiger charge is -2.05. The Morgan fingerprint density at radius 3 is 2.59 bits per heavy atom. The van der Waals surface area contributed by atoms with Crippen LogP contribution in [-0.4, -0.2) is 37.0 Å². The standard InChI is InChI=1S/C18H15N7O2/c26-16(11-25-23-17(21-24-25)12-6-2-1-3-7-12)20-22-18(27)15-10-13-8-4-5-9-14(13)19-15/h1-10,19H,11H2,(H,20,26)(H,22,27). The summed E-state index contributed by atoms with van der Waals surface area (Å²) in [6.45, 7) is -0.174. The predicted octanol–water partition coefficient (Wildman–Crippen LogP) is 1.28. The number of carbonyl (C=O) groups excluding carboxylic acids is 2. The van der Waals surface area contributed by atoms with Crippen molar-refractivity contribution in [3.63, 3.8) is 0 Å². The van der Waals surface area contributed by atoms with Crippen molar-refractivity contribution in [1.82, 2.24) is 36.0 Å². The van der Waals surface area contributed by atoms with Crippen molar-refractivity contribution in [1.29, 1.82) is 0 Å². The zero-order valence-electron chi connectivity index (χ0n) is 14.1. The average Bonchev–Trinajstić information content (AvgIpc) is 3.33. The fourth-order valence-corrected chi connectivity index (χ4v) is 2.57. The molecule has 0 aliphatic rings. The minimum atomic E-state index is -0.475. The molecule has 0 bridgehead atoms. The number of amides is 2. The van der Waals surface area contributed by atoms with Gasteiger partial charge in [0.1, 0.15) is 12.2 Å². The van der Waals surface area contributed by atoms with Crippen molar-refractivity contribution in [3.8, 4) is 11.4 Å². The molecular formula is C18H15N7O2. The fraction of sp³-hybridized carbons (Fsp3) is 0.0556. The number of tetrazole rings is 1. The van der Waals surface area contributed by atoms with Crippen LogP contribution in [0.2, 0.25) is 0 Å². The molecule has 0 saturated heterocycles. The highest BCUT2D eigenvalue weighted by Crippen LogP contribution is 2.14. The summed E-state index contributed by atoms with van der Waals surface area (Å²) in [5.41, 5.74) is 6.69. The number of H-pyrrole nitrogens is 1. The number of rotatable bonds is 4. The second-order valence-electron chi connectivity index (χ2n) is 5.78. The SMILES string of the molecule is O=C(Cn1nnc(-c2ccccc2)n1)NNC(=O)c1cc2ccccc2[nH]1. The Hall–Kier alpha value is -4.01. The first-order valence-corrected chi connectivity index (χ1v) is 8.19. The lowest BCUT2D eigenvalue weighted by Crippen LogP contribution is -2.43. The summed E-state index contributed by atoms with van der Waals surface area (Å²) in [6, 6.07) is 18.5. The number of carbonyl (C=O) groups is 2. The molecule has 9 nitrogen and oxygen atoms in total. The van der Waals surface area contributed by atoms with Gasteiger partial charge in [-0.15, -0.1) is 10.2 Å². The number of aromatic nitrogens is 5. The number of fused-ring (bicyclic) bond motifs is 1. The maximum absolute atomic E-state index is 12.2. The average molecular weight is 361 g/mol. The van der Waals surface area contributed by atoms with Gasteiger partial charge in [0, 0.05) is 16.5 Å². The third-order valence-corrected chi connectivity index (χ3v) is 3.86. The number of para-hydroxylation sites is 1. The second kappa shape index (κ2) is 7.08. The van der Waals surface area contributed by atoms with Gasteiger partial charge in [0.05, 0.1) is 0 Å². The van der Waals surface area contributed by atoms with Crippen LogP contribution in [0.15, 0.2) is 60.7 Å². The molecule has 3 N–H and O–H groups in total. The number of hydrazine groups is 1. The van der Waals surface area contributed by atoms with Crippen molar-refractivity contribution in [3.05, 3.63) is 66.4 Å². The summed E-state index contributed by atoms with van der Waals surface area (Å²) in [7, 11) is 0. The molecule has 0 atom stereocenters. The van der Waals surface area contributed by atoms with E-state index in [0.717, 1.165) is 21.3 Å². The van der Waals surface area contributed by atoms with Crippen molar-refractivity contribution in [2.45, 2.75) is 6.54 Å². The van der Waals surface area contributed by atoms with E-state index in [0.29, 0.717) is 11.5 Å². The highest BCUT2D eigenvalue weighted by Gasteiger charge is 2.12. The molecular weight excluding hydrogens is 346 g/mol. The first-order valence-electron chi connectivity index (χ1n) is 8.19. The summed E-state index contributed by atoms with van der Waals surface area (Å²) in [5, 5.41) is 12.8. The summed E-state index contributed by atoms with van der Waals surface area (Å²) in [6.07, 6.45) is 0. The Bertz CT molecular complexity index is 1070. The number of aromatic amines is 1. The molecule has 2 heterocycles. The highest BCUT2D eigenvalue weighted by atomic mass is 16.2. The van der Waals surface area contributed by atoms with Crippen LogP contribution in [0.25, 0.3) is 22.3 Å². The maximum Gasteiger partial charge on any atom is 0.286 e. The Balaban J connectivity index is 1.34. The normalized spacial score (nSPS) is 10.7. The Morgan fingerprint density at radius 2 is 1.78 bits per heavy atom. The summed E-state index contributed by atoms with van der Waals surface area (Å²) < 4.78 is 0. The maximum atomic E-state index is 12.2. The molecule has 2 aromatic carbocycles. The minimum absolute atomic E-state index is 0.174. The van der Waals surface area contributed by atoms with Crippen molar-refractivity contribution >= 4 is 22.7 Å². The summed E-state index contributed by atoms with van der Waals surface area (Å²) in [5.74, 6) is -0.502. The van der Waals surface area contributed by atoms with E-state index >= 15 is 0 Å². The van der Waals surface area contributed by atoms with Crippen LogP contribution in [0, 0.1) is 0 Å². The van der Waals surface area contributed by atoms with Gasteiger partial charge < -0.3 is 4.98 Å². The Labute approximate surface area is 153 Å². The molecule has 0 spiro atoms. The van der Waals surface area contributed by atoms with Gasteiger partial charge in [-0.05, 0) is 17.3 Å². The lowest BCUT2D eigenvalue weighted by atomic mass is 10.2. The zero-order valence-corrected chi connectivity index (χ0v) is 14.1. The van der Waals surface area contributed by atoms with Gasteiger partial charge in [-0.25, -0.2) is 0 Å². The first kappa shape index (κ1) is 16.5. The molecule has 2 aromatic heterocycles. The molecule has 2 amide bonds. The Morgan fingerprint density at radius 1 is 1.00 bits per heavy atom. The molecule has 4 aromatic rings. The van der Waals surface area contributed by atoms with E-state index in [9.17, 15) is 9.59 Å². The molecule has 0 aliphatic heterocycles. The number of benzene rings is 2. The topological polar surface area (TPSA) is 118 Å². The molecule has 0 unspecified atom stereocenters. The molecule has 4 rings (SSSR count). The van der Waals surface area contributed by atoms with Gasteiger partial charge in [-0.1, -0.05) is 48.5 Å². The van der Waals surface area contributed by atoms with E-state index < -0.39 is 11.8 Å². The summed E-state index contributed by atoms with van der Waals surface area (Å²) in [4.78, 5) is 28.3. The highest BCUT2D eigenvalue weighted by molar-refractivity contribution is 5.98. The van der Waals surface area contributed by atoms with Crippen LogP contribution >= 0.6 is 0 Å². The van der Waals surface area contributed by atoms with Crippen molar-refractivity contribution in [2.75, 3.05) is 0 Å². The Kier molecular flexibility index (Phi) is 4.32. The zero-order chi connectivity index (χ0) is 18.6. The fourth-order valence-electron chi connectivity index (χ4n) is 2.57. The van der Waals surface area contributed by atoms with E-state index in [4.69, 9.17) is 0 Å². The number of nitrogens with one attached hydrogen (secondary N) is 3. The van der Waals surface area contributed by atoms with Crippen LogP contribution in [0.3, 0.4) is 0 Å². The van der Waals surface area contributed by atoms with Crippen LogP contribution in [0.1, 0.15) is 10.5 Å². The molecule has 0 saturated carbocycles. The molecule has 0 radical (unpaired) electrons. The largest absolute Gasteiger partial charge is 0.350 e. The van der Waals surface area contributed by atoms with Crippen LogP contribution in [0.5, 0.6) is 0 Å². The molecule has 27 heavy (non-hydrogen) atoms. The first-order chi connectivity index (χ1) is 13.2. The van der Waals surface area contributed by atoms with Crippen molar-refractivity contribution < 1.29 is 9.59 Å². The van der Waals surface area contributed by atoms with Gasteiger partial charge in [-0.2, -0.15) is 4.80 Å². The summed E-state index contributed by atoms with van der Waals surface area (Å²) >= 11 is 0. The third-order valence-electron chi connectivity index (χ3n) is 3.86. The van der Waals surface area contributed by atoms with E-state index in [1.54, 1.807) is 6.07 Å². The lowest BCUT2D eigenvalue weighted by molar-refractivity contribution is -0.122. The van der Waals surface area contributed by atoms with Gasteiger partial charge in [0.2, 0.25) is 5.82 Å². The van der Waals surface area contributed by atoms with Crippen LogP contribution in [-0.2, 0) is 11.3 Å². The quantitative estimate of drug-likeness (QED) is 0.473. The van der Waals surface area contributed by atoms with Crippen LogP contribution in [0.4, 0.5) is 0 Å². The van der Waals surface area contributed by atoms with Gasteiger partial charge in [0.15, 0.2) is 0 Å². The molecule has 9 heteroatoms. The molecule has 134 valence electrons. The van der Waals surface area contributed by atoms with Crippen molar-refractivity contribution in [2.24, 2.45) is 0 Å². The van der Waals surface area contributed by atoms with E-state index in [1.807, 2.05) is 54.6 Å². The predicted molar refractivity (Wildman–Crippen MR) is 97.2 cm³/mol.